The van der Waals surface area contributed by atoms with Gasteiger partial charge in [-0.05, 0) is 24.1 Å². The van der Waals surface area contributed by atoms with Crippen molar-refractivity contribution in [3.05, 3.63) is 29.8 Å². The van der Waals surface area contributed by atoms with Crippen LogP contribution in [0, 0.1) is 0 Å². The van der Waals surface area contributed by atoms with Crippen molar-refractivity contribution >= 4 is 0 Å². The number of benzene rings is 1. The van der Waals surface area contributed by atoms with Crippen molar-refractivity contribution in [2.24, 2.45) is 5.84 Å². The highest BCUT2D eigenvalue weighted by molar-refractivity contribution is 5.27. The van der Waals surface area contributed by atoms with Gasteiger partial charge in [0.15, 0.2) is 0 Å². The molecule has 4 N–H and O–H groups in total. The van der Waals surface area contributed by atoms with E-state index < -0.39 is 0 Å². The minimum absolute atomic E-state index is 0.172. The molecule has 0 bridgehead atoms. The van der Waals surface area contributed by atoms with E-state index in [2.05, 4.69) is 12.3 Å². The summed E-state index contributed by atoms with van der Waals surface area (Å²) in [6.45, 7) is 2.05. The lowest BCUT2D eigenvalue weighted by molar-refractivity contribution is 0.473. The number of phenolic OH excluding ortho intramolecular Hbond substituents is 1. The fourth-order valence-corrected chi connectivity index (χ4v) is 1.16. The Balaban J connectivity index is 2.80. The molecule has 3 nitrogen and oxygen atoms in total. The standard InChI is InChI=1S/C9H14N2O/c1-2-9(11-10)7-3-5-8(12)6-4-7/h3-6,9,11-12H,2,10H2,1H3. The van der Waals surface area contributed by atoms with E-state index in [-0.39, 0.29) is 11.8 Å². The lowest BCUT2D eigenvalue weighted by Crippen LogP contribution is -2.27. The van der Waals surface area contributed by atoms with Crippen LogP contribution in [0.4, 0.5) is 0 Å². The molecule has 3 heteroatoms. The summed E-state index contributed by atoms with van der Waals surface area (Å²) in [5.41, 5.74) is 3.80. The van der Waals surface area contributed by atoms with E-state index >= 15 is 0 Å². The van der Waals surface area contributed by atoms with Crippen LogP contribution in [-0.2, 0) is 0 Å². The van der Waals surface area contributed by atoms with Gasteiger partial charge in [0.25, 0.3) is 0 Å². The molecule has 1 atom stereocenters. The zero-order chi connectivity index (χ0) is 8.97. The molecule has 0 fully saturated rings. The van der Waals surface area contributed by atoms with Crippen LogP contribution in [0.3, 0.4) is 0 Å². The smallest absolute Gasteiger partial charge is 0.115 e. The Labute approximate surface area is 72.2 Å². The minimum atomic E-state index is 0.172. The number of hydrazine groups is 1. The van der Waals surface area contributed by atoms with Crippen molar-refractivity contribution in [3.8, 4) is 5.75 Å². The summed E-state index contributed by atoms with van der Waals surface area (Å²) in [4.78, 5) is 0. The molecule has 1 aromatic carbocycles. The van der Waals surface area contributed by atoms with Crippen molar-refractivity contribution in [2.75, 3.05) is 0 Å². The number of aromatic hydroxyl groups is 1. The largest absolute Gasteiger partial charge is 0.508 e. The third-order valence-corrected chi connectivity index (χ3v) is 1.90. The molecule has 0 amide bonds. The molecule has 0 aliphatic rings. The van der Waals surface area contributed by atoms with Gasteiger partial charge in [-0.15, -0.1) is 0 Å². The van der Waals surface area contributed by atoms with Crippen LogP contribution >= 0.6 is 0 Å². The second-order valence-electron chi connectivity index (χ2n) is 2.72. The van der Waals surface area contributed by atoms with E-state index in [0.717, 1.165) is 12.0 Å². The molecule has 0 saturated heterocycles. The van der Waals surface area contributed by atoms with Gasteiger partial charge in [0.05, 0.1) is 0 Å². The Morgan fingerprint density at radius 2 is 2.00 bits per heavy atom. The van der Waals surface area contributed by atoms with E-state index in [1.807, 2.05) is 12.1 Å². The van der Waals surface area contributed by atoms with Crippen molar-refractivity contribution in [3.63, 3.8) is 0 Å². The quantitative estimate of drug-likeness (QED) is 0.468. The molecule has 0 aromatic heterocycles. The second-order valence-corrected chi connectivity index (χ2v) is 2.72. The minimum Gasteiger partial charge on any atom is -0.508 e. The first-order valence-corrected chi connectivity index (χ1v) is 4.03. The number of nitrogens with one attached hydrogen (secondary N) is 1. The number of nitrogens with two attached hydrogens (primary N) is 1. The molecule has 66 valence electrons. The summed E-state index contributed by atoms with van der Waals surface area (Å²) in [5, 5.41) is 9.03. The van der Waals surface area contributed by atoms with Gasteiger partial charge in [-0.1, -0.05) is 19.1 Å². The molecule has 0 spiro atoms. The third kappa shape index (κ3) is 1.96. The molecule has 1 aromatic rings. The van der Waals surface area contributed by atoms with Crippen LogP contribution in [0.1, 0.15) is 24.9 Å². The Bertz CT molecular complexity index is 229. The molecule has 12 heavy (non-hydrogen) atoms. The predicted octanol–water partition coefficient (Wildman–Crippen LogP) is 1.31. The number of hydrogen-bond donors (Lipinski definition) is 3. The van der Waals surface area contributed by atoms with Gasteiger partial charge in [0.2, 0.25) is 0 Å². The van der Waals surface area contributed by atoms with Crippen LogP contribution in [0.15, 0.2) is 24.3 Å². The first-order chi connectivity index (χ1) is 5.77. The normalized spacial score (nSPS) is 12.8. The number of hydrogen-bond acceptors (Lipinski definition) is 3. The summed E-state index contributed by atoms with van der Waals surface area (Å²) in [6.07, 6.45) is 0.932. The van der Waals surface area contributed by atoms with E-state index in [4.69, 9.17) is 10.9 Å². The topological polar surface area (TPSA) is 58.3 Å². The summed E-state index contributed by atoms with van der Waals surface area (Å²) in [7, 11) is 0. The molecule has 0 heterocycles. The lowest BCUT2D eigenvalue weighted by atomic mass is 10.1. The third-order valence-electron chi connectivity index (χ3n) is 1.90. The van der Waals surface area contributed by atoms with E-state index in [0.29, 0.717) is 0 Å². The van der Waals surface area contributed by atoms with Gasteiger partial charge in [0.1, 0.15) is 5.75 Å². The molecule has 0 saturated carbocycles. The summed E-state index contributed by atoms with van der Waals surface area (Å²) >= 11 is 0. The molecule has 0 radical (unpaired) electrons. The SMILES string of the molecule is CCC(NN)c1ccc(O)cc1. The number of phenols is 1. The van der Waals surface area contributed by atoms with Crippen LogP contribution in [0.5, 0.6) is 5.75 Å². The highest BCUT2D eigenvalue weighted by atomic mass is 16.3. The molecule has 0 aliphatic carbocycles. The molecule has 0 aliphatic heterocycles. The molecular weight excluding hydrogens is 152 g/mol. The first-order valence-electron chi connectivity index (χ1n) is 4.03. The molecular formula is C9H14N2O. The maximum absolute atomic E-state index is 9.03. The second kappa shape index (κ2) is 4.09. The average molecular weight is 166 g/mol. The van der Waals surface area contributed by atoms with E-state index in [1.54, 1.807) is 12.1 Å². The summed E-state index contributed by atoms with van der Waals surface area (Å²) < 4.78 is 0. The summed E-state index contributed by atoms with van der Waals surface area (Å²) in [6, 6.07) is 7.22. The Morgan fingerprint density at radius 3 is 2.42 bits per heavy atom. The Kier molecular flexibility index (Phi) is 3.08. The molecule has 1 unspecified atom stereocenters. The first kappa shape index (κ1) is 9.03. The highest BCUT2D eigenvalue weighted by Gasteiger charge is 2.05. The predicted molar refractivity (Wildman–Crippen MR) is 48.5 cm³/mol. The highest BCUT2D eigenvalue weighted by Crippen LogP contribution is 2.18. The Morgan fingerprint density at radius 1 is 1.42 bits per heavy atom. The van der Waals surface area contributed by atoms with Gasteiger partial charge >= 0.3 is 0 Å². The maximum atomic E-state index is 9.03. The maximum Gasteiger partial charge on any atom is 0.115 e. The monoisotopic (exact) mass is 166 g/mol. The van der Waals surface area contributed by atoms with Gasteiger partial charge in [-0.3, -0.25) is 11.3 Å². The number of rotatable bonds is 3. The van der Waals surface area contributed by atoms with Gasteiger partial charge in [-0.2, -0.15) is 0 Å². The van der Waals surface area contributed by atoms with Crippen molar-refractivity contribution in [1.82, 2.24) is 5.43 Å². The summed E-state index contributed by atoms with van der Waals surface area (Å²) in [5.74, 6) is 5.62. The van der Waals surface area contributed by atoms with Crippen molar-refractivity contribution in [1.29, 1.82) is 0 Å². The van der Waals surface area contributed by atoms with Gasteiger partial charge in [0, 0.05) is 6.04 Å². The van der Waals surface area contributed by atoms with E-state index in [9.17, 15) is 0 Å². The van der Waals surface area contributed by atoms with Gasteiger partial charge in [-0.25, -0.2) is 0 Å². The van der Waals surface area contributed by atoms with E-state index in [1.165, 1.54) is 0 Å². The van der Waals surface area contributed by atoms with Crippen molar-refractivity contribution < 1.29 is 5.11 Å². The fourth-order valence-electron chi connectivity index (χ4n) is 1.16. The van der Waals surface area contributed by atoms with Crippen LogP contribution in [-0.4, -0.2) is 5.11 Å². The average Bonchev–Trinajstić information content (AvgIpc) is 2.10. The van der Waals surface area contributed by atoms with Crippen LogP contribution in [0.25, 0.3) is 0 Å². The fraction of sp³-hybridized carbons (Fsp3) is 0.333. The van der Waals surface area contributed by atoms with Gasteiger partial charge < -0.3 is 5.11 Å². The zero-order valence-electron chi connectivity index (χ0n) is 7.12. The van der Waals surface area contributed by atoms with Crippen LogP contribution < -0.4 is 11.3 Å². The molecule has 1 rings (SSSR count). The Hall–Kier alpha value is -1.06. The van der Waals surface area contributed by atoms with Crippen molar-refractivity contribution in [2.45, 2.75) is 19.4 Å². The lowest BCUT2D eigenvalue weighted by Gasteiger charge is -2.13. The van der Waals surface area contributed by atoms with Crippen LogP contribution in [0.2, 0.25) is 0 Å². The zero-order valence-corrected chi connectivity index (χ0v) is 7.12.